The SMILES string of the molecule is CC(C)S(=O)(=O)N1CCN(c2ccc(N3CCN(C(=O)O)c4ccccc43)cc2)CC1. The predicted molar refractivity (Wildman–Crippen MR) is 123 cm³/mol. The molecule has 1 amide bonds. The van der Waals surface area contributed by atoms with Crippen molar-refractivity contribution in [2.75, 3.05) is 54.0 Å². The van der Waals surface area contributed by atoms with Crippen molar-refractivity contribution >= 4 is 38.9 Å². The third kappa shape index (κ3) is 4.07. The molecule has 0 aromatic heterocycles. The van der Waals surface area contributed by atoms with Gasteiger partial charge in [-0.25, -0.2) is 13.2 Å². The second-order valence-electron chi connectivity index (χ2n) is 8.07. The van der Waals surface area contributed by atoms with E-state index in [1.165, 1.54) is 4.90 Å². The number of hydrogen-bond donors (Lipinski definition) is 1. The van der Waals surface area contributed by atoms with Gasteiger partial charge < -0.3 is 14.9 Å². The summed E-state index contributed by atoms with van der Waals surface area (Å²) < 4.78 is 26.3. The fourth-order valence-corrected chi connectivity index (χ4v) is 5.44. The van der Waals surface area contributed by atoms with Crippen LogP contribution in [-0.4, -0.2) is 68.4 Å². The first-order valence-electron chi connectivity index (χ1n) is 10.5. The van der Waals surface area contributed by atoms with Gasteiger partial charge in [0.15, 0.2) is 0 Å². The first-order valence-corrected chi connectivity index (χ1v) is 12.0. The lowest BCUT2D eigenvalue weighted by atomic mass is 10.1. The Kier molecular flexibility index (Phi) is 5.81. The third-order valence-electron chi connectivity index (χ3n) is 5.96. The van der Waals surface area contributed by atoms with Gasteiger partial charge in [-0.05, 0) is 50.2 Å². The van der Waals surface area contributed by atoms with Crippen LogP contribution in [0.15, 0.2) is 48.5 Å². The average molecular weight is 445 g/mol. The fourth-order valence-electron chi connectivity index (χ4n) is 4.17. The van der Waals surface area contributed by atoms with Crippen LogP contribution in [0.4, 0.5) is 27.5 Å². The molecule has 2 heterocycles. The van der Waals surface area contributed by atoms with Crippen molar-refractivity contribution in [2.24, 2.45) is 0 Å². The molecule has 166 valence electrons. The number of carboxylic acid groups (broad SMARTS) is 1. The second-order valence-corrected chi connectivity index (χ2v) is 10.6. The van der Waals surface area contributed by atoms with Crippen molar-refractivity contribution in [1.82, 2.24) is 4.31 Å². The van der Waals surface area contributed by atoms with Gasteiger partial charge in [0.25, 0.3) is 0 Å². The monoisotopic (exact) mass is 444 g/mol. The number of amides is 1. The van der Waals surface area contributed by atoms with Gasteiger partial charge in [-0.3, -0.25) is 4.90 Å². The summed E-state index contributed by atoms with van der Waals surface area (Å²) in [6.07, 6.45) is -0.943. The van der Waals surface area contributed by atoms with Crippen molar-refractivity contribution in [1.29, 1.82) is 0 Å². The number of benzene rings is 2. The molecule has 8 nitrogen and oxygen atoms in total. The molecule has 0 saturated carbocycles. The van der Waals surface area contributed by atoms with Crippen molar-refractivity contribution < 1.29 is 18.3 Å². The van der Waals surface area contributed by atoms with E-state index in [0.29, 0.717) is 45.0 Å². The van der Waals surface area contributed by atoms with Gasteiger partial charge in [0.1, 0.15) is 0 Å². The molecule has 0 spiro atoms. The smallest absolute Gasteiger partial charge is 0.411 e. The number of nitrogens with zero attached hydrogens (tertiary/aromatic N) is 4. The van der Waals surface area contributed by atoms with E-state index in [9.17, 15) is 18.3 Å². The van der Waals surface area contributed by atoms with Crippen LogP contribution < -0.4 is 14.7 Å². The Morgan fingerprint density at radius 1 is 0.839 bits per heavy atom. The van der Waals surface area contributed by atoms with E-state index in [2.05, 4.69) is 9.80 Å². The summed E-state index contributed by atoms with van der Waals surface area (Å²) in [4.78, 5) is 17.3. The molecule has 31 heavy (non-hydrogen) atoms. The van der Waals surface area contributed by atoms with Crippen molar-refractivity contribution in [2.45, 2.75) is 19.1 Å². The minimum Gasteiger partial charge on any atom is -0.465 e. The first-order chi connectivity index (χ1) is 14.8. The standard InChI is InChI=1S/C22H28N4O4S/c1-17(2)31(29,30)24-13-11-23(12-14-24)18-7-9-19(10-8-18)25-15-16-26(22(27)28)21-6-4-3-5-20(21)25/h3-10,17H,11-16H2,1-2H3,(H,27,28). The topological polar surface area (TPSA) is 84.4 Å². The van der Waals surface area contributed by atoms with E-state index in [1.54, 1.807) is 18.2 Å². The zero-order valence-corrected chi connectivity index (χ0v) is 18.6. The number of sulfonamides is 1. The molecule has 0 unspecified atom stereocenters. The molecule has 0 atom stereocenters. The van der Waals surface area contributed by atoms with Crippen LogP contribution in [0.3, 0.4) is 0 Å². The Bertz CT molecular complexity index is 1050. The molecule has 1 N–H and O–H groups in total. The number of rotatable bonds is 4. The molecule has 0 aliphatic carbocycles. The van der Waals surface area contributed by atoms with E-state index in [0.717, 1.165) is 17.1 Å². The summed E-state index contributed by atoms with van der Waals surface area (Å²) in [6.45, 7) is 6.72. The highest BCUT2D eigenvalue weighted by molar-refractivity contribution is 7.89. The van der Waals surface area contributed by atoms with E-state index in [1.807, 2.05) is 48.5 Å². The Morgan fingerprint density at radius 2 is 1.42 bits per heavy atom. The molecular weight excluding hydrogens is 416 g/mol. The highest BCUT2D eigenvalue weighted by Crippen LogP contribution is 2.38. The van der Waals surface area contributed by atoms with Crippen LogP contribution in [0.2, 0.25) is 0 Å². The zero-order chi connectivity index (χ0) is 22.2. The first kappa shape index (κ1) is 21.5. The molecule has 2 aromatic rings. The molecule has 0 radical (unpaired) electrons. The zero-order valence-electron chi connectivity index (χ0n) is 17.8. The van der Waals surface area contributed by atoms with Gasteiger partial charge in [0.05, 0.1) is 16.6 Å². The molecule has 2 aliphatic heterocycles. The van der Waals surface area contributed by atoms with Crippen molar-refractivity contribution in [3.63, 3.8) is 0 Å². The van der Waals surface area contributed by atoms with E-state index < -0.39 is 21.4 Å². The van der Waals surface area contributed by atoms with Crippen LogP contribution in [0.5, 0.6) is 0 Å². The van der Waals surface area contributed by atoms with E-state index in [4.69, 9.17) is 0 Å². The average Bonchev–Trinajstić information content (AvgIpc) is 2.78. The maximum absolute atomic E-state index is 12.4. The van der Waals surface area contributed by atoms with Gasteiger partial charge >= 0.3 is 6.09 Å². The maximum atomic E-state index is 12.4. The lowest BCUT2D eigenvalue weighted by Gasteiger charge is -2.37. The minimum atomic E-state index is -3.21. The van der Waals surface area contributed by atoms with Crippen LogP contribution in [0, 0.1) is 0 Å². The Hall–Kier alpha value is -2.78. The molecular formula is C22H28N4O4S. The van der Waals surface area contributed by atoms with Gasteiger partial charge in [-0.2, -0.15) is 4.31 Å². The normalized spacial score (nSPS) is 17.7. The summed E-state index contributed by atoms with van der Waals surface area (Å²) in [6, 6.07) is 15.7. The van der Waals surface area contributed by atoms with Crippen molar-refractivity contribution in [3.8, 4) is 0 Å². The van der Waals surface area contributed by atoms with Gasteiger partial charge in [0.2, 0.25) is 10.0 Å². The van der Waals surface area contributed by atoms with Crippen molar-refractivity contribution in [3.05, 3.63) is 48.5 Å². The number of anilines is 4. The molecule has 1 saturated heterocycles. The third-order valence-corrected chi connectivity index (χ3v) is 8.24. The maximum Gasteiger partial charge on any atom is 0.411 e. The number of carbonyl (C=O) groups is 1. The number of para-hydroxylation sites is 2. The lowest BCUT2D eigenvalue weighted by Crippen LogP contribution is -2.50. The summed E-state index contributed by atoms with van der Waals surface area (Å²) in [7, 11) is -3.21. The minimum absolute atomic E-state index is 0.400. The summed E-state index contributed by atoms with van der Waals surface area (Å²) in [5, 5.41) is 9.08. The second kappa shape index (κ2) is 8.39. The van der Waals surface area contributed by atoms with Crippen LogP contribution in [-0.2, 0) is 10.0 Å². The summed E-state index contributed by atoms with van der Waals surface area (Å²) >= 11 is 0. The molecule has 4 rings (SSSR count). The summed E-state index contributed by atoms with van der Waals surface area (Å²) in [5.41, 5.74) is 3.62. The highest BCUT2D eigenvalue weighted by Gasteiger charge is 2.30. The number of fused-ring (bicyclic) bond motifs is 1. The van der Waals surface area contributed by atoms with Crippen LogP contribution >= 0.6 is 0 Å². The number of hydrogen-bond acceptors (Lipinski definition) is 5. The number of piperazine rings is 1. The fraction of sp³-hybridized carbons (Fsp3) is 0.409. The Morgan fingerprint density at radius 3 is 2.00 bits per heavy atom. The molecule has 2 aliphatic rings. The molecule has 0 bridgehead atoms. The summed E-state index contributed by atoms with van der Waals surface area (Å²) in [5.74, 6) is 0. The highest BCUT2D eigenvalue weighted by atomic mass is 32.2. The molecule has 2 aromatic carbocycles. The largest absolute Gasteiger partial charge is 0.465 e. The Labute approximate surface area is 183 Å². The predicted octanol–water partition coefficient (Wildman–Crippen LogP) is 3.18. The van der Waals surface area contributed by atoms with Gasteiger partial charge in [-0.1, -0.05) is 12.1 Å². The molecule has 1 fully saturated rings. The van der Waals surface area contributed by atoms with Crippen LogP contribution in [0.25, 0.3) is 0 Å². The van der Waals surface area contributed by atoms with Gasteiger partial charge in [-0.15, -0.1) is 0 Å². The van der Waals surface area contributed by atoms with E-state index >= 15 is 0 Å². The van der Waals surface area contributed by atoms with Crippen LogP contribution in [0.1, 0.15) is 13.8 Å². The Balaban J connectivity index is 1.48. The lowest BCUT2D eigenvalue weighted by molar-refractivity contribution is 0.201. The molecule has 9 heteroatoms. The van der Waals surface area contributed by atoms with Gasteiger partial charge in [0, 0.05) is 50.6 Å². The quantitative estimate of drug-likeness (QED) is 0.780. The van der Waals surface area contributed by atoms with E-state index in [-0.39, 0.29) is 0 Å².